The number of urea groups is 1. The quantitative estimate of drug-likeness (QED) is 0.629. The maximum Gasteiger partial charge on any atom is 0.317 e. The van der Waals surface area contributed by atoms with Gasteiger partial charge in [0.05, 0.1) is 18.2 Å². The zero-order valence-electron chi connectivity index (χ0n) is 17.6. The van der Waals surface area contributed by atoms with E-state index in [0.717, 1.165) is 31.2 Å². The van der Waals surface area contributed by atoms with Gasteiger partial charge in [0.1, 0.15) is 11.6 Å². The molecule has 1 saturated carbocycles. The van der Waals surface area contributed by atoms with Crippen molar-refractivity contribution in [3.8, 4) is 17.6 Å². The number of fused-ring (bicyclic) bond motifs is 1. The Hall–Kier alpha value is -3.73. The molecule has 2 N–H and O–H groups in total. The third-order valence-corrected chi connectivity index (χ3v) is 6.19. The van der Waals surface area contributed by atoms with Gasteiger partial charge in [0, 0.05) is 19.0 Å². The Morgan fingerprint density at radius 1 is 1.28 bits per heavy atom. The predicted molar refractivity (Wildman–Crippen MR) is 116 cm³/mol. The lowest BCUT2D eigenvalue weighted by molar-refractivity contribution is 0.170. The number of hydrogen-bond donors (Lipinski definition) is 2. The summed E-state index contributed by atoms with van der Waals surface area (Å²) in [6.45, 7) is 1.17. The first-order valence-corrected chi connectivity index (χ1v) is 10.9. The Morgan fingerprint density at radius 3 is 2.94 bits per heavy atom. The molecule has 164 valence electrons. The monoisotopic (exact) mass is 432 g/mol. The van der Waals surface area contributed by atoms with E-state index in [1.807, 2.05) is 12.1 Å². The lowest BCUT2D eigenvalue weighted by Crippen LogP contribution is -2.49. The number of amides is 2. The molecule has 1 aromatic heterocycles. The molecule has 1 aliphatic carbocycles. The van der Waals surface area contributed by atoms with Gasteiger partial charge in [-0.15, -0.1) is 0 Å². The number of hydrogen-bond acceptors (Lipinski definition) is 6. The molecule has 1 saturated heterocycles. The van der Waals surface area contributed by atoms with Crippen LogP contribution in [0.5, 0.6) is 11.5 Å². The normalized spacial score (nSPS) is 19.2. The van der Waals surface area contributed by atoms with E-state index in [9.17, 15) is 15.2 Å². The van der Waals surface area contributed by atoms with E-state index in [4.69, 9.17) is 9.15 Å². The van der Waals surface area contributed by atoms with Gasteiger partial charge >= 0.3 is 6.03 Å². The van der Waals surface area contributed by atoms with Crippen molar-refractivity contribution in [3.63, 3.8) is 0 Å². The molecule has 2 amide bonds. The number of phenols is 1. The molecular formula is C24H24N4O4. The molecule has 0 bridgehead atoms. The van der Waals surface area contributed by atoms with Crippen LogP contribution in [0.3, 0.4) is 0 Å². The molecule has 0 spiro atoms. The highest BCUT2D eigenvalue weighted by molar-refractivity contribution is 5.79. The number of aromatic hydroxyl groups is 1. The van der Waals surface area contributed by atoms with Crippen LogP contribution in [0.1, 0.15) is 48.6 Å². The van der Waals surface area contributed by atoms with Crippen molar-refractivity contribution in [3.05, 3.63) is 53.4 Å². The number of nitriles is 1. The van der Waals surface area contributed by atoms with Crippen LogP contribution in [-0.4, -0.2) is 40.2 Å². The van der Waals surface area contributed by atoms with Gasteiger partial charge in [-0.3, -0.25) is 0 Å². The lowest BCUT2D eigenvalue weighted by atomic mass is 9.96. The molecule has 3 aromatic rings. The first-order valence-electron chi connectivity index (χ1n) is 10.9. The Morgan fingerprint density at radius 2 is 2.12 bits per heavy atom. The van der Waals surface area contributed by atoms with Crippen LogP contribution < -0.4 is 10.1 Å². The molecular weight excluding hydrogens is 408 g/mol. The highest BCUT2D eigenvalue weighted by atomic mass is 16.5. The summed E-state index contributed by atoms with van der Waals surface area (Å²) in [7, 11) is 0. The molecule has 2 heterocycles. The number of phenolic OH excluding ortho intramolecular Hbond substituents is 1. The minimum Gasteiger partial charge on any atom is -0.504 e. The number of carbonyl (C=O) groups is 1. The van der Waals surface area contributed by atoms with Gasteiger partial charge in [-0.05, 0) is 55.5 Å². The lowest BCUT2D eigenvalue weighted by Gasteiger charge is -2.33. The van der Waals surface area contributed by atoms with Gasteiger partial charge in [0.2, 0.25) is 5.89 Å². The van der Waals surface area contributed by atoms with Crippen LogP contribution in [0.4, 0.5) is 4.79 Å². The molecule has 5 rings (SSSR count). The summed E-state index contributed by atoms with van der Waals surface area (Å²) >= 11 is 0. The van der Waals surface area contributed by atoms with E-state index in [-0.39, 0.29) is 30.3 Å². The first-order chi connectivity index (χ1) is 15.6. The van der Waals surface area contributed by atoms with Crippen LogP contribution in [0.15, 0.2) is 40.8 Å². The minimum atomic E-state index is -0.190. The largest absolute Gasteiger partial charge is 0.504 e. The highest BCUT2D eigenvalue weighted by Crippen LogP contribution is 2.34. The fourth-order valence-electron chi connectivity index (χ4n) is 4.48. The third kappa shape index (κ3) is 3.94. The van der Waals surface area contributed by atoms with E-state index in [1.165, 1.54) is 0 Å². The molecule has 2 fully saturated rings. The van der Waals surface area contributed by atoms with Gasteiger partial charge in [-0.2, -0.15) is 5.26 Å². The van der Waals surface area contributed by atoms with Crippen molar-refractivity contribution >= 4 is 17.1 Å². The number of benzene rings is 2. The summed E-state index contributed by atoms with van der Waals surface area (Å²) in [6, 6.07) is 12.5. The number of rotatable bonds is 5. The summed E-state index contributed by atoms with van der Waals surface area (Å²) < 4.78 is 11.8. The predicted octanol–water partition coefficient (Wildman–Crippen LogP) is 4.04. The highest BCUT2D eigenvalue weighted by Gasteiger charge is 2.29. The fraction of sp³-hybridized carbons (Fsp3) is 0.375. The van der Waals surface area contributed by atoms with E-state index in [0.29, 0.717) is 41.4 Å². The van der Waals surface area contributed by atoms with Crippen molar-refractivity contribution in [2.75, 3.05) is 13.1 Å². The van der Waals surface area contributed by atoms with Crippen molar-refractivity contribution < 1.29 is 19.1 Å². The number of para-hydroxylation sites is 1. The van der Waals surface area contributed by atoms with Crippen LogP contribution in [0, 0.1) is 11.3 Å². The average Bonchev–Trinajstić information content (AvgIpc) is 3.46. The van der Waals surface area contributed by atoms with Gasteiger partial charge in [-0.25, -0.2) is 9.78 Å². The van der Waals surface area contributed by atoms with E-state index in [2.05, 4.69) is 16.4 Å². The van der Waals surface area contributed by atoms with Crippen LogP contribution in [0.2, 0.25) is 0 Å². The number of nitrogens with zero attached hydrogens (tertiary/aromatic N) is 3. The molecule has 0 radical (unpaired) electrons. The molecule has 2 aliphatic rings. The topological polar surface area (TPSA) is 112 Å². The molecule has 2 aromatic carbocycles. The Kier molecular flexibility index (Phi) is 5.31. The van der Waals surface area contributed by atoms with Crippen LogP contribution in [-0.2, 0) is 6.54 Å². The minimum absolute atomic E-state index is 0.0262. The second-order valence-electron chi connectivity index (χ2n) is 8.39. The zero-order valence-corrected chi connectivity index (χ0v) is 17.6. The SMILES string of the molecule is N#Cc1cccc2oc(CN3CC(c4ccc(O)c(OC5CCCC5)c4)CNC3=O)nc12. The first kappa shape index (κ1) is 20.2. The summed E-state index contributed by atoms with van der Waals surface area (Å²) in [5.74, 6) is 1.05. The summed E-state index contributed by atoms with van der Waals surface area (Å²) in [5, 5.41) is 22.4. The Labute approximate surface area is 185 Å². The van der Waals surface area contributed by atoms with E-state index >= 15 is 0 Å². The van der Waals surface area contributed by atoms with Crippen LogP contribution in [0.25, 0.3) is 11.1 Å². The van der Waals surface area contributed by atoms with Crippen molar-refractivity contribution in [1.29, 1.82) is 5.26 Å². The molecule has 1 unspecified atom stereocenters. The summed E-state index contributed by atoms with van der Waals surface area (Å²) in [5.41, 5.74) is 2.47. The van der Waals surface area contributed by atoms with Crippen molar-refractivity contribution in [1.82, 2.24) is 15.2 Å². The molecule has 32 heavy (non-hydrogen) atoms. The second kappa shape index (κ2) is 8.42. The fourth-order valence-corrected chi connectivity index (χ4v) is 4.48. The summed E-state index contributed by atoms with van der Waals surface area (Å²) in [6.07, 6.45) is 4.47. The number of aromatic nitrogens is 1. The number of carbonyl (C=O) groups excluding carboxylic acids is 1. The number of oxazole rings is 1. The maximum atomic E-state index is 12.5. The standard InChI is InChI=1S/C24H24N4O4/c25-11-16-4-3-7-20-23(16)27-22(32-20)14-28-13-17(12-26-24(28)30)15-8-9-19(29)21(10-15)31-18-5-1-2-6-18/h3-4,7-10,17-18,29H,1-2,5-6,12-14H2,(H,26,30). The van der Waals surface area contributed by atoms with Gasteiger partial charge in [0.25, 0.3) is 0 Å². The average molecular weight is 432 g/mol. The van der Waals surface area contributed by atoms with Gasteiger partial charge in [0.15, 0.2) is 17.1 Å². The molecule has 8 nitrogen and oxygen atoms in total. The molecule has 1 atom stereocenters. The van der Waals surface area contributed by atoms with Crippen LogP contribution >= 0.6 is 0 Å². The summed E-state index contributed by atoms with van der Waals surface area (Å²) in [4.78, 5) is 18.6. The van der Waals surface area contributed by atoms with Crippen molar-refractivity contribution in [2.45, 2.75) is 44.2 Å². The van der Waals surface area contributed by atoms with Gasteiger partial charge < -0.3 is 24.5 Å². The maximum absolute atomic E-state index is 12.5. The van der Waals surface area contributed by atoms with E-state index in [1.54, 1.807) is 29.2 Å². The smallest absolute Gasteiger partial charge is 0.317 e. The Balaban J connectivity index is 1.33. The number of ether oxygens (including phenoxy) is 1. The third-order valence-electron chi connectivity index (χ3n) is 6.19. The Bertz CT molecular complexity index is 1190. The van der Waals surface area contributed by atoms with Crippen molar-refractivity contribution in [2.24, 2.45) is 0 Å². The second-order valence-corrected chi connectivity index (χ2v) is 8.39. The van der Waals surface area contributed by atoms with Gasteiger partial charge in [-0.1, -0.05) is 12.1 Å². The molecule has 1 aliphatic heterocycles. The number of nitrogens with one attached hydrogen (secondary N) is 1. The van der Waals surface area contributed by atoms with E-state index < -0.39 is 0 Å². The molecule has 8 heteroatoms. The zero-order chi connectivity index (χ0) is 22.1.